The summed E-state index contributed by atoms with van der Waals surface area (Å²) in [5, 5.41) is 12.7. The van der Waals surface area contributed by atoms with Crippen molar-refractivity contribution in [2.45, 2.75) is 6.10 Å². The van der Waals surface area contributed by atoms with E-state index in [1.165, 1.54) is 10.6 Å². The zero-order valence-electron chi connectivity index (χ0n) is 12.6. The molecule has 1 nitrogen and oxygen atoms in total. The first-order valence-corrected chi connectivity index (χ1v) is 8.83. The molecule has 3 aromatic rings. The van der Waals surface area contributed by atoms with Crippen LogP contribution in [0.15, 0.2) is 91.0 Å². The van der Waals surface area contributed by atoms with Crippen molar-refractivity contribution in [1.29, 1.82) is 0 Å². The maximum absolute atomic E-state index is 10.3. The third-order valence-corrected chi connectivity index (χ3v) is 5.44. The van der Waals surface area contributed by atoms with Gasteiger partial charge in [0, 0.05) is 7.92 Å². The summed E-state index contributed by atoms with van der Waals surface area (Å²) in [6.45, 7) is 0. The number of rotatable bonds is 3. The highest BCUT2D eigenvalue weighted by Crippen LogP contribution is 2.32. The lowest BCUT2D eigenvalue weighted by atomic mass is 10.1. The zero-order chi connectivity index (χ0) is 15.9. The predicted molar refractivity (Wildman–Crippen MR) is 98.2 cm³/mol. The van der Waals surface area contributed by atoms with Crippen LogP contribution in [0.2, 0.25) is 0 Å². The smallest absolute Gasteiger partial charge is 0.140 e. The molecule has 0 aliphatic heterocycles. The highest BCUT2D eigenvalue weighted by molar-refractivity contribution is 7.77. The molecule has 0 spiro atoms. The van der Waals surface area contributed by atoms with Gasteiger partial charge in [0.15, 0.2) is 0 Å². The van der Waals surface area contributed by atoms with Gasteiger partial charge in [0.25, 0.3) is 0 Å². The molecule has 3 rings (SSSR count). The Kier molecular flexibility index (Phi) is 5.22. The summed E-state index contributed by atoms with van der Waals surface area (Å²) in [5.41, 5.74) is 4.15. The minimum atomic E-state index is -0.795. The van der Waals surface area contributed by atoms with Crippen LogP contribution in [0, 0.1) is 11.6 Å². The number of aliphatic hydroxyl groups is 1. The van der Waals surface area contributed by atoms with Crippen molar-refractivity contribution in [2.75, 3.05) is 0 Å². The molecule has 0 saturated heterocycles. The van der Waals surface area contributed by atoms with Crippen LogP contribution in [-0.4, -0.2) is 5.11 Å². The van der Waals surface area contributed by atoms with Crippen molar-refractivity contribution in [2.24, 2.45) is 0 Å². The molecule has 1 N–H and O–H groups in total. The SMILES string of the molecule is OC(C#CP(c1ccccc1)c1ccccc1)c1ccccc1. The molecule has 3 aromatic carbocycles. The largest absolute Gasteiger partial charge is 0.376 e. The second-order valence-electron chi connectivity index (χ2n) is 5.08. The minimum Gasteiger partial charge on any atom is -0.376 e. The monoisotopic (exact) mass is 316 g/mol. The van der Waals surface area contributed by atoms with Crippen LogP contribution in [-0.2, 0) is 0 Å². The predicted octanol–water partition coefficient (Wildman–Crippen LogP) is 3.81. The van der Waals surface area contributed by atoms with E-state index < -0.39 is 14.0 Å². The summed E-state index contributed by atoms with van der Waals surface area (Å²) in [6, 6.07) is 30.1. The minimum absolute atomic E-state index is 0.756. The zero-order valence-corrected chi connectivity index (χ0v) is 13.5. The maximum atomic E-state index is 10.3. The second-order valence-corrected chi connectivity index (χ2v) is 7.00. The van der Waals surface area contributed by atoms with Crippen molar-refractivity contribution >= 4 is 18.5 Å². The standard InChI is InChI=1S/C21H17OP/c22-21(18-10-4-1-5-11-18)16-17-23(19-12-6-2-7-13-19)20-14-8-3-9-15-20/h1-15,21-22H. The molecular formula is C21H17OP. The van der Waals surface area contributed by atoms with E-state index >= 15 is 0 Å². The fraction of sp³-hybridized carbons (Fsp3) is 0.0476. The number of benzene rings is 3. The Balaban J connectivity index is 1.93. The van der Waals surface area contributed by atoms with Crippen LogP contribution in [0.4, 0.5) is 0 Å². The Bertz CT molecular complexity index is 749. The highest BCUT2D eigenvalue weighted by atomic mass is 31.1. The molecular weight excluding hydrogens is 299 g/mol. The van der Waals surface area contributed by atoms with Gasteiger partial charge in [-0.25, -0.2) is 0 Å². The molecule has 1 atom stereocenters. The molecule has 0 bridgehead atoms. The van der Waals surface area contributed by atoms with Crippen molar-refractivity contribution in [3.8, 4) is 11.6 Å². The van der Waals surface area contributed by atoms with Gasteiger partial charge in [-0.05, 0) is 16.2 Å². The summed E-state index contributed by atoms with van der Waals surface area (Å²) >= 11 is 0. The Hall–Kier alpha value is -2.39. The lowest BCUT2D eigenvalue weighted by Gasteiger charge is -2.12. The van der Waals surface area contributed by atoms with Gasteiger partial charge in [0.2, 0.25) is 0 Å². The normalized spacial score (nSPS) is 11.6. The van der Waals surface area contributed by atoms with E-state index in [-0.39, 0.29) is 0 Å². The Morgan fingerprint density at radius 3 is 1.57 bits per heavy atom. The Morgan fingerprint density at radius 2 is 1.09 bits per heavy atom. The van der Waals surface area contributed by atoms with Gasteiger partial charge in [-0.1, -0.05) is 103 Å². The molecule has 0 radical (unpaired) electrons. The fourth-order valence-corrected chi connectivity index (χ4v) is 4.02. The molecule has 0 amide bonds. The average molecular weight is 316 g/mol. The summed E-state index contributed by atoms with van der Waals surface area (Å²) < 4.78 is 0. The molecule has 0 fully saturated rings. The summed E-state index contributed by atoms with van der Waals surface area (Å²) in [4.78, 5) is 0. The molecule has 2 heteroatoms. The molecule has 1 unspecified atom stereocenters. The molecule has 112 valence electrons. The lowest BCUT2D eigenvalue weighted by Crippen LogP contribution is -2.10. The summed E-state index contributed by atoms with van der Waals surface area (Å²) in [7, 11) is -0.795. The van der Waals surface area contributed by atoms with Crippen LogP contribution in [0.5, 0.6) is 0 Å². The van der Waals surface area contributed by atoms with Gasteiger partial charge < -0.3 is 5.11 Å². The van der Waals surface area contributed by atoms with Gasteiger partial charge in [-0.15, -0.1) is 0 Å². The summed E-state index contributed by atoms with van der Waals surface area (Å²) in [5.74, 6) is 3.03. The molecule has 0 aliphatic rings. The van der Waals surface area contributed by atoms with Gasteiger partial charge >= 0.3 is 0 Å². The maximum Gasteiger partial charge on any atom is 0.140 e. The van der Waals surface area contributed by atoms with E-state index in [1.54, 1.807) is 0 Å². The first-order chi connectivity index (χ1) is 11.3. The molecule has 0 saturated carbocycles. The fourth-order valence-electron chi connectivity index (χ4n) is 2.28. The van der Waals surface area contributed by atoms with E-state index in [1.807, 2.05) is 66.7 Å². The van der Waals surface area contributed by atoms with E-state index in [9.17, 15) is 5.11 Å². The first-order valence-electron chi connectivity index (χ1n) is 7.49. The van der Waals surface area contributed by atoms with Crippen LogP contribution in [0.25, 0.3) is 0 Å². The Labute approximate surface area is 138 Å². The number of aliphatic hydroxyl groups excluding tert-OH is 1. The van der Waals surface area contributed by atoms with Crippen LogP contribution in [0.1, 0.15) is 11.7 Å². The van der Waals surface area contributed by atoms with Crippen molar-refractivity contribution in [1.82, 2.24) is 0 Å². The van der Waals surface area contributed by atoms with Gasteiger partial charge in [0.1, 0.15) is 6.10 Å². The molecule has 23 heavy (non-hydrogen) atoms. The molecule has 0 aliphatic carbocycles. The van der Waals surface area contributed by atoms with Gasteiger partial charge in [0.05, 0.1) is 0 Å². The quantitative estimate of drug-likeness (QED) is 0.575. The van der Waals surface area contributed by atoms with Gasteiger partial charge in [-0.2, -0.15) is 0 Å². The van der Waals surface area contributed by atoms with E-state index in [4.69, 9.17) is 0 Å². The summed E-state index contributed by atoms with van der Waals surface area (Å²) in [6.07, 6.45) is -0.756. The van der Waals surface area contributed by atoms with Crippen LogP contribution in [0.3, 0.4) is 0 Å². The number of hydrogen-bond acceptors (Lipinski definition) is 1. The highest BCUT2D eigenvalue weighted by Gasteiger charge is 2.11. The van der Waals surface area contributed by atoms with Crippen LogP contribution >= 0.6 is 7.92 Å². The van der Waals surface area contributed by atoms with E-state index in [2.05, 4.69) is 35.8 Å². The second kappa shape index (κ2) is 7.75. The lowest BCUT2D eigenvalue weighted by molar-refractivity contribution is 0.238. The average Bonchev–Trinajstić information content (AvgIpc) is 2.64. The third-order valence-electron chi connectivity index (χ3n) is 3.46. The van der Waals surface area contributed by atoms with E-state index in [0.29, 0.717) is 0 Å². The number of hydrogen-bond donors (Lipinski definition) is 1. The van der Waals surface area contributed by atoms with Crippen molar-refractivity contribution in [3.05, 3.63) is 96.6 Å². The first kappa shape index (κ1) is 15.5. The van der Waals surface area contributed by atoms with Crippen molar-refractivity contribution in [3.63, 3.8) is 0 Å². The van der Waals surface area contributed by atoms with Crippen LogP contribution < -0.4 is 10.6 Å². The third kappa shape index (κ3) is 4.08. The van der Waals surface area contributed by atoms with Crippen molar-refractivity contribution < 1.29 is 5.11 Å². The molecule has 0 heterocycles. The molecule has 0 aromatic heterocycles. The topological polar surface area (TPSA) is 20.2 Å². The van der Waals surface area contributed by atoms with E-state index in [0.717, 1.165) is 5.56 Å². The van der Waals surface area contributed by atoms with Gasteiger partial charge in [-0.3, -0.25) is 0 Å². The Morgan fingerprint density at radius 1 is 0.652 bits per heavy atom.